The van der Waals surface area contributed by atoms with Crippen molar-refractivity contribution < 1.29 is 19.0 Å². The zero-order chi connectivity index (χ0) is 17.8. The Morgan fingerprint density at radius 2 is 1.96 bits per heavy atom. The number of aromatic nitrogens is 1. The van der Waals surface area contributed by atoms with E-state index in [0.29, 0.717) is 11.5 Å². The molecule has 1 heterocycles. The molecule has 0 aliphatic rings. The maximum atomic E-state index is 12.1. The summed E-state index contributed by atoms with van der Waals surface area (Å²) in [6.45, 7) is -0.109. The molecule has 25 heavy (non-hydrogen) atoms. The predicted octanol–water partition coefficient (Wildman–Crippen LogP) is 4.26. The summed E-state index contributed by atoms with van der Waals surface area (Å²) in [6.07, 6.45) is 0. The standard InChI is InChI=1S/C17H11ClN2O5/c18-15-9-13(20(22)23)6-7-14(15)17(21)24-10-12-8-16(25-19-12)11-4-2-1-3-5-11/h1-9H,10H2. The molecule has 8 heteroatoms. The highest BCUT2D eigenvalue weighted by molar-refractivity contribution is 6.33. The molecule has 0 aliphatic heterocycles. The molecule has 0 spiro atoms. The van der Waals surface area contributed by atoms with Crippen LogP contribution in [-0.2, 0) is 11.3 Å². The third kappa shape index (κ3) is 3.84. The maximum absolute atomic E-state index is 12.1. The number of halogens is 1. The fraction of sp³-hybridized carbons (Fsp3) is 0.0588. The van der Waals surface area contributed by atoms with Gasteiger partial charge in [0.25, 0.3) is 5.69 Å². The Balaban J connectivity index is 1.67. The number of nitrogens with zero attached hydrogens (tertiary/aromatic N) is 2. The van der Waals surface area contributed by atoms with E-state index in [2.05, 4.69) is 5.16 Å². The van der Waals surface area contributed by atoms with Crippen molar-refractivity contribution in [2.24, 2.45) is 0 Å². The number of carbonyl (C=O) groups excluding carboxylic acids is 1. The Labute approximate surface area is 146 Å². The average molecular weight is 359 g/mol. The maximum Gasteiger partial charge on any atom is 0.340 e. The topological polar surface area (TPSA) is 95.5 Å². The lowest BCUT2D eigenvalue weighted by Gasteiger charge is -2.04. The fourth-order valence-corrected chi connectivity index (χ4v) is 2.37. The lowest BCUT2D eigenvalue weighted by molar-refractivity contribution is -0.384. The van der Waals surface area contributed by atoms with Gasteiger partial charge in [-0.1, -0.05) is 47.1 Å². The Hall–Kier alpha value is -3.19. The zero-order valence-corrected chi connectivity index (χ0v) is 13.5. The number of hydrogen-bond acceptors (Lipinski definition) is 6. The van der Waals surface area contributed by atoms with Gasteiger partial charge in [0.05, 0.1) is 15.5 Å². The lowest BCUT2D eigenvalue weighted by atomic mass is 10.2. The van der Waals surface area contributed by atoms with Crippen molar-refractivity contribution >= 4 is 23.3 Å². The molecule has 2 aromatic carbocycles. The molecule has 0 amide bonds. The van der Waals surface area contributed by atoms with Gasteiger partial charge in [-0.15, -0.1) is 0 Å². The van der Waals surface area contributed by atoms with Crippen molar-refractivity contribution in [3.63, 3.8) is 0 Å². The molecule has 0 fully saturated rings. The van der Waals surface area contributed by atoms with Gasteiger partial charge >= 0.3 is 5.97 Å². The van der Waals surface area contributed by atoms with Crippen LogP contribution in [0.4, 0.5) is 5.69 Å². The van der Waals surface area contributed by atoms with Gasteiger partial charge in [0.1, 0.15) is 12.3 Å². The van der Waals surface area contributed by atoms with E-state index in [1.54, 1.807) is 6.07 Å². The van der Waals surface area contributed by atoms with E-state index < -0.39 is 10.9 Å². The number of hydrogen-bond donors (Lipinski definition) is 0. The average Bonchev–Trinajstić information content (AvgIpc) is 3.09. The Kier molecular flexibility index (Phi) is 4.76. The van der Waals surface area contributed by atoms with Gasteiger partial charge in [-0.3, -0.25) is 10.1 Å². The summed E-state index contributed by atoms with van der Waals surface area (Å²) in [5, 5.41) is 14.5. The summed E-state index contributed by atoms with van der Waals surface area (Å²) in [5.74, 6) is -0.149. The second-order valence-corrected chi connectivity index (χ2v) is 5.45. The van der Waals surface area contributed by atoms with E-state index in [4.69, 9.17) is 20.9 Å². The zero-order valence-electron chi connectivity index (χ0n) is 12.7. The normalized spacial score (nSPS) is 10.4. The van der Waals surface area contributed by atoms with Gasteiger partial charge in [0, 0.05) is 23.8 Å². The van der Waals surface area contributed by atoms with Crippen LogP contribution in [0.5, 0.6) is 0 Å². The SMILES string of the molecule is O=C(OCc1cc(-c2ccccc2)on1)c1ccc([N+](=O)[O-])cc1Cl. The summed E-state index contributed by atoms with van der Waals surface area (Å²) in [5.41, 5.74) is 1.13. The van der Waals surface area contributed by atoms with E-state index >= 15 is 0 Å². The lowest BCUT2D eigenvalue weighted by Crippen LogP contribution is -2.06. The van der Waals surface area contributed by atoms with E-state index in [-0.39, 0.29) is 22.9 Å². The molecule has 3 rings (SSSR count). The Morgan fingerprint density at radius 1 is 1.20 bits per heavy atom. The minimum Gasteiger partial charge on any atom is -0.455 e. The third-order valence-electron chi connectivity index (χ3n) is 3.35. The van der Waals surface area contributed by atoms with Crippen LogP contribution in [0.15, 0.2) is 59.1 Å². The minimum absolute atomic E-state index is 0.0408. The summed E-state index contributed by atoms with van der Waals surface area (Å²) >= 11 is 5.89. The van der Waals surface area contributed by atoms with Crippen LogP contribution < -0.4 is 0 Å². The van der Waals surface area contributed by atoms with Crippen molar-refractivity contribution in [2.75, 3.05) is 0 Å². The first kappa shape index (κ1) is 16.7. The van der Waals surface area contributed by atoms with Gasteiger partial charge in [0.15, 0.2) is 5.76 Å². The van der Waals surface area contributed by atoms with Gasteiger partial charge in [-0.2, -0.15) is 0 Å². The minimum atomic E-state index is -0.704. The summed E-state index contributed by atoms with van der Waals surface area (Å²) in [4.78, 5) is 22.1. The van der Waals surface area contributed by atoms with Crippen LogP contribution in [0.2, 0.25) is 5.02 Å². The second kappa shape index (κ2) is 7.14. The van der Waals surface area contributed by atoms with Crippen molar-refractivity contribution in [3.05, 3.63) is 81.0 Å². The van der Waals surface area contributed by atoms with Crippen molar-refractivity contribution in [1.82, 2.24) is 5.16 Å². The van der Waals surface area contributed by atoms with Crippen LogP contribution in [-0.4, -0.2) is 16.0 Å². The van der Waals surface area contributed by atoms with Gasteiger partial charge in [-0.25, -0.2) is 4.79 Å². The molecule has 1 aromatic heterocycles. The molecule has 7 nitrogen and oxygen atoms in total. The Bertz CT molecular complexity index is 924. The second-order valence-electron chi connectivity index (χ2n) is 5.05. The number of rotatable bonds is 5. The smallest absolute Gasteiger partial charge is 0.340 e. The molecule has 0 aliphatic carbocycles. The number of esters is 1. The number of nitro groups is 1. The van der Waals surface area contributed by atoms with Crippen molar-refractivity contribution in [2.45, 2.75) is 6.61 Å². The first-order valence-corrected chi connectivity index (χ1v) is 7.54. The molecule has 0 saturated carbocycles. The van der Waals surface area contributed by atoms with E-state index in [1.807, 2.05) is 30.3 Å². The van der Waals surface area contributed by atoms with Gasteiger partial charge in [0.2, 0.25) is 0 Å². The van der Waals surface area contributed by atoms with Gasteiger partial charge < -0.3 is 9.26 Å². The molecule has 0 saturated heterocycles. The molecule has 3 aromatic rings. The number of benzene rings is 2. The third-order valence-corrected chi connectivity index (χ3v) is 3.66. The van der Waals surface area contributed by atoms with E-state index in [1.165, 1.54) is 12.1 Å². The van der Waals surface area contributed by atoms with Crippen LogP contribution in [0, 0.1) is 10.1 Å². The molecule has 0 unspecified atom stereocenters. The highest BCUT2D eigenvalue weighted by Crippen LogP contribution is 2.24. The van der Waals surface area contributed by atoms with Crippen LogP contribution in [0.1, 0.15) is 16.1 Å². The first-order chi connectivity index (χ1) is 12.0. The monoisotopic (exact) mass is 358 g/mol. The largest absolute Gasteiger partial charge is 0.455 e. The fourth-order valence-electron chi connectivity index (χ4n) is 2.12. The molecular weight excluding hydrogens is 348 g/mol. The number of non-ortho nitro benzene ring substituents is 1. The molecular formula is C17H11ClN2O5. The number of nitro benzene ring substituents is 1. The molecule has 0 radical (unpaired) electrons. The van der Waals surface area contributed by atoms with E-state index in [0.717, 1.165) is 11.6 Å². The highest BCUT2D eigenvalue weighted by Gasteiger charge is 2.17. The molecule has 0 bridgehead atoms. The van der Waals surface area contributed by atoms with Crippen molar-refractivity contribution in [1.29, 1.82) is 0 Å². The van der Waals surface area contributed by atoms with Crippen molar-refractivity contribution in [3.8, 4) is 11.3 Å². The molecule has 0 atom stereocenters. The molecule has 0 N–H and O–H groups in total. The summed E-state index contributed by atoms with van der Waals surface area (Å²) in [7, 11) is 0. The van der Waals surface area contributed by atoms with Crippen LogP contribution in [0.25, 0.3) is 11.3 Å². The predicted molar refractivity (Wildman–Crippen MR) is 89.2 cm³/mol. The summed E-state index contributed by atoms with van der Waals surface area (Å²) in [6, 6.07) is 14.6. The highest BCUT2D eigenvalue weighted by atomic mass is 35.5. The van der Waals surface area contributed by atoms with E-state index in [9.17, 15) is 14.9 Å². The quantitative estimate of drug-likeness (QED) is 0.384. The first-order valence-electron chi connectivity index (χ1n) is 7.16. The number of carbonyl (C=O) groups is 1. The van der Waals surface area contributed by atoms with Crippen LogP contribution >= 0.6 is 11.6 Å². The Morgan fingerprint density at radius 3 is 2.64 bits per heavy atom. The molecule has 126 valence electrons. The van der Waals surface area contributed by atoms with Gasteiger partial charge in [-0.05, 0) is 6.07 Å². The number of ether oxygens (including phenoxy) is 1. The van der Waals surface area contributed by atoms with Crippen LogP contribution in [0.3, 0.4) is 0 Å². The summed E-state index contributed by atoms with van der Waals surface area (Å²) < 4.78 is 10.3.